The van der Waals surface area contributed by atoms with E-state index in [1.54, 1.807) is 0 Å². The lowest BCUT2D eigenvalue weighted by molar-refractivity contribution is 0.436. The number of hydrogen-bond donors (Lipinski definition) is 0. The zero-order valence-electron chi connectivity index (χ0n) is 31.1. The number of aromatic nitrogens is 3. The molecule has 0 radical (unpaired) electrons. The Morgan fingerprint density at radius 3 is 1.90 bits per heavy atom. The summed E-state index contributed by atoms with van der Waals surface area (Å²) in [6.07, 6.45) is 0. The second-order valence-corrected chi connectivity index (χ2v) is 15.2. The van der Waals surface area contributed by atoms with E-state index in [1.165, 1.54) is 22.3 Å². The molecule has 2 aliphatic rings. The molecule has 5 nitrogen and oxygen atoms in total. The van der Waals surface area contributed by atoms with Crippen LogP contribution in [0.2, 0.25) is 0 Å². The van der Waals surface area contributed by atoms with Crippen molar-refractivity contribution < 1.29 is 9.15 Å². The number of benzene rings is 8. The highest BCUT2D eigenvalue weighted by Gasteiger charge is 2.52. The molecule has 1 aliphatic heterocycles. The molecular weight excluding hydrogens is 711 g/mol. The highest BCUT2D eigenvalue weighted by atomic mass is 16.5. The molecular formula is C53H31N3O2. The van der Waals surface area contributed by atoms with E-state index >= 15 is 0 Å². The fourth-order valence-electron chi connectivity index (χ4n) is 10.0. The molecule has 0 bridgehead atoms. The van der Waals surface area contributed by atoms with Gasteiger partial charge >= 0.3 is 0 Å². The van der Waals surface area contributed by atoms with Crippen molar-refractivity contribution in [1.82, 2.24) is 14.5 Å². The number of hydrogen-bond acceptors (Lipinski definition) is 4. The van der Waals surface area contributed by atoms with Crippen LogP contribution < -0.4 is 4.74 Å². The summed E-state index contributed by atoms with van der Waals surface area (Å²) < 4.78 is 15.6. The highest BCUT2D eigenvalue weighted by Crippen LogP contribution is 2.63. The minimum Gasteiger partial charge on any atom is -0.457 e. The van der Waals surface area contributed by atoms with Crippen molar-refractivity contribution in [3.63, 3.8) is 0 Å². The van der Waals surface area contributed by atoms with Gasteiger partial charge in [0.15, 0.2) is 5.82 Å². The first-order valence-electron chi connectivity index (χ1n) is 19.7. The van der Waals surface area contributed by atoms with Gasteiger partial charge in [0.05, 0.1) is 22.1 Å². The maximum absolute atomic E-state index is 6.68. The second-order valence-electron chi connectivity index (χ2n) is 15.2. The molecule has 0 fully saturated rings. The monoisotopic (exact) mass is 741 g/mol. The molecule has 58 heavy (non-hydrogen) atoms. The molecule has 270 valence electrons. The van der Waals surface area contributed by atoms with Gasteiger partial charge in [0, 0.05) is 55.4 Å². The van der Waals surface area contributed by atoms with Crippen molar-refractivity contribution >= 4 is 43.7 Å². The van der Waals surface area contributed by atoms with E-state index < -0.39 is 5.41 Å². The Morgan fingerprint density at radius 2 is 1.12 bits per heavy atom. The van der Waals surface area contributed by atoms with Crippen LogP contribution in [-0.4, -0.2) is 14.5 Å². The van der Waals surface area contributed by atoms with Crippen LogP contribution in [-0.2, 0) is 5.41 Å². The van der Waals surface area contributed by atoms with Crippen LogP contribution in [0.5, 0.6) is 11.5 Å². The Kier molecular flexibility index (Phi) is 6.31. The van der Waals surface area contributed by atoms with Gasteiger partial charge in [0.25, 0.3) is 0 Å². The van der Waals surface area contributed by atoms with Crippen molar-refractivity contribution in [2.75, 3.05) is 0 Å². The molecule has 11 aromatic rings. The molecule has 0 N–H and O–H groups in total. The number of para-hydroxylation sites is 3. The first kappa shape index (κ1) is 31.4. The standard InChI is InChI=1S/C53H31N3O2/c1-3-15-32(16-4-1)41-31-47(55-52(54-41)33-17-5-2-6-18-33)56-42-29-30-46-50(35-20-8-12-24-43(35)57-46)49(42)36-27-28-40-48(51(36)56)34-19-7-9-21-37(34)53(40)38-22-10-13-25-44(38)58-45-26-14-11-23-39(45)53/h1-31H. The van der Waals surface area contributed by atoms with Crippen LogP contribution >= 0.6 is 0 Å². The van der Waals surface area contributed by atoms with Crippen LogP contribution in [0.25, 0.3) is 83.3 Å². The lowest BCUT2D eigenvalue weighted by Gasteiger charge is -2.39. The zero-order chi connectivity index (χ0) is 38.0. The lowest BCUT2D eigenvalue weighted by atomic mass is 9.66. The van der Waals surface area contributed by atoms with Crippen LogP contribution in [0.3, 0.4) is 0 Å². The van der Waals surface area contributed by atoms with E-state index in [0.29, 0.717) is 5.82 Å². The average molecular weight is 742 g/mol. The zero-order valence-corrected chi connectivity index (χ0v) is 31.1. The molecule has 0 saturated carbocycles. The number of ether oxygens (including phenoxy) is 1. The van der Waals surface area contributed by atoms with Crippen molar-refractivity contribution in [1.29, 1.82) is 0 Å². The minimum atomic E-state index is -0.624. The third-order valence-electron chi connectivity index (χ3n) is 12.3. The number of furan rings is 1. The van der Waals surface area contributed by atoms with Crippen LogP contribution in [0, 0.1) is 0 Å². The quantitative estimate of drug-likeness (QED) is 0.181. The van der Waals surface area contributed by atoms with E-state index in [4.69, 9.17) is 19.1 Å². The molecule has 1 spiro atoms. The topological polar surface area (TPSA) is 53.1 Å². The maximum atomic E-state index is 6.68. The summed E-state index contributed by atoms with van der Waals surface area (Å²) >= 11 is 0. The van der Waals surface area contributed by atoms with Gasteiger partial charge < -0.3 is 9.15 Å². The third-order valence-corrected chi connectivity index (χ3v) is 12.3. The van der Waals surface area contributed by atoms with Crippen LogP contribution in [0.15, 0.2) is 192 Å². The third kappa shape index (κ3) is 4.09. The van der Waals surface area contributed by atoms with E-state index in [0.717, 1.165) is 89.0 Å². The summed E-state index contributed by atoms with van der Waals surface area (Å²) in [5.74, 6) is 3.19. The van der Waals surface area contributed by atoms with Crippen molar-refractivity contribution in [2.45, 2.75) is 5.41 Å². The molecule has 0 saturated heterocycles. The summed E-state index contributed by atoms with van der Waals surface area (Å²) in [6.45, 7) is 0. The molecule has 1 aliphatic carbocycles. The summed E-state index contributed by atoms with van der Waals surface area (Å²) in [5, 5.41) is 4.45. The lowest BCUT2D eigenvalue weighted by Crippen LogP contribution is -2.32. The van der Waals surface area contributed by atoms with Gasteiger partial charge in [-0.15, -0.1) is 0 Å². The molecule has 0 amide bonds. The van der Waals surface area contributed by atoms with Crippen LogP contribution in [0.1, 0.15) is 22.3 Å². The first-order valence-corrected chi connectivity index (χ1v) is 19.7. The normalized spacial score (nSPS) is 13.4. The molecule has 8 aromatic carbocycles. The molecule has 0 unspecified atom stereocenters. The van der Waals surface area contributed by atoms with Crippen molar-refractivity contribution in [3.8, 4) is 51.1 Å². The van der Waals surface area contributed by atoms with E-state index in [-0.39, 0.29) is 0 Å². The predicted molar refractivity (Wildman–Crippen MR) is 232 cm³/mol. The predicted octanol–water partition coefficient (Wildman–Crippen LogP) is 13.3. The molecule has 13 rings (SSSR count). The largest absolute Gasteiger partial charge is 0.457 e. The van der Waals surface area contributed by atoms with Crippen molar-refractivity contribution in [2.24, 2.45) is 0 Å². The Hall–Kier alpha value is -7.76. The fraction of sp³-hybridized carbons (Fsp3) is 0.0189. The number of nitrogens with zero attached hydrogens (tertiary/aromatic N) is 3. The van der Waals surface area contributed by atoms with Crippen LogP contribution in [0.4, 0.5) is 0 Å². The maximum Gasteiger partial charge on any atom is 0.162 e. The first-order chi connectivity index (χ1) is 28.8. The Labute approximate surface area is 333 Å². The summed E-state index contributed by atoms with van der Waals surface area (Å²) in [5.41, 5.74) is 13.1. The number of rotatable bonds is 3. The average Bonchev–Trinajstić information content (AvgIpc) is 3.93. The van der Waals surface area contributed by atoms with E-state index in [2.05, 4.69) is 162 Å². The Balaban J connectivity index is 1.24. The molecule has 4 heterocycles. The fourth-order valence-corrected chi connectivity index (χ4v) is 10.0. The highest BCUT2D eigenvalue weighted by molar-refractivity contribution is 6.29. The van der Waals surface area contributed by atoms with Gasteiger partial charge in [-0.05, 0) is 47.0 Å². The van der Waals surface area contributed by atoms with Crippen molar-refractivity contribution in [3.05, 3.63) is 210 Å². The summed E-state index contributed by atoms with van der Waals surface area (Å²) in [6, 6.07) is 66.2. The SMILES string of the molecule is c1ccc(-c2cc(-n3c4ccc5oc6ccccc6c5c4c4ccc5c(c43)-c3ccccc3C53c4ccccc4Oc4ccccc43)nc(-c3ccccc3)n2)cc1. The van der Waals surface area contributed by atoms with Gasteiger partial charge in [-0.3, -0.25) is 4.57 Å². The van der Waals surface area contributed by atoms with E-state index in [1.807, 2.05) is 30.3 Å². The second kappa shape index (κ2) is 11.6. The van der Waals surface area contributed by atoms with Gasteiger partial charge in [-0.2, -0.15) is 0 Å². The number of fused-ring (bicyclic) bond motifs is 17. The Morgan fingerprint density at radius 1 is 0.466 bits per heavy atom. The smallest absolute Gasteiger partial charge is 0.162 e. The van der Waals surface area contributed by atoms with E-state index in [9.17, 15) is 0 Å². The molecule has 3 aromatic heterocycles. The molecule has 0 atom stereocenters. The van der Waals surface area contributed by atoms with Gasteiger partial charge in [0.2, 0.25) is 0 Å². The summed E-state index contributed by atoms with van der Waals surface area (Å²) in [7, 11) is 0. The van der Waals surface area contributed by atoms with Gasteiger partial charge in [-0.25, -0.2) is 9.97 Å². The summed E-state index contributed by atoms with van der Waals surface area (Å²) in [4.78, 5) is 10.7. The van der Waals surface area contributed by atoms with Gasteiger partial charge in [-0.1, -0.05) is 152 Å². The van der Waals surface area contributed by atoms with Gasteiger partial charge in [0.1, 0.15) is 28.5 Å². The Bertz CT molecular complexity index is 3390. The molecule has 5 heteroatoms. The minimum absolute atomic E-state index is 0.624.